The van der Waals surface area contributed by atoms with Crippen LogP contribution in [0.2, 0.25) is 0 Å². The van der Waals surface area contributed by atoms with Crippen LogP contribution in [0.1, 0.15) is 11.1 Å². The number of hydrogen-bond donors (Lipinski definition) is 1. The topological polar surface area (TPSA) is 64.4 Å². The Kier molecular flexibility index (Phi) is 5.30. The summed E-state index contributed by atoms with van der Waals surface area (Å²) in [5, 5.41) is 14.2. The van der Waals surface area contributed by atoms with Crippen LogP contribution in [0.3, 0.4) is 0 Å². The SMILES string of the molecule is COc1ccc(CNCc2ccc(Br)cc2[N+](=O)[O-])cc1. The molecule has 0 saturated carbocycles. The Morgan fingerprint density at radius 3 is 2.52 bits per heavy atom. The second-order valence-corrected chi connectivity index (χ2v) is 5.40. The van der Waals surface area contributed by atoms with E-state index in [1.54, 1.807) is 19.2 Å². The van der Waals surface area contributed by atoms with Crippen molar-refractivity contribution in [3.63, 3.8) is 0 Å². The zero-order valence-electron chi connectivity index (χ0n) is 11.5. The highest BCUT2D eigenvalue weighted by Gasteiger charge is 2.13. The van der Waals surface area contributed by atoms with E-state index in [2.05, 4.69) is 21.2 Å². The molecule has 0 fully saturated rings. The maximum Gasteiger partial charge on any atom is 0.275 e. The first-order chi connectivity index (χ1) is 10.1. The van der Waals surface area contributed by atoms with Crippen LogP contribution in [0.15, 0.2) is 46.9 Å². The van der Waals surface area contributed by atoms with Gasteiger partial charge in [0.05, 0.1) is 12.0 Å². The molecule has 0 radical (unpaired) electrons. The molecule has 0 bridgehead atoms. The van der Waals surface area contributed by atoms with Crippen LogP contribution in [0, 0.1) is 10.1 Å². The van der Waals surface area contributed by atoms with E-state index < -0.39 is 0 Å². The van der Waals surface area contributed by atoms with Crippen LogP contribution in [-0.2, 0) is 13.1 Å². The summed E-state index contributed by atoms with van der Waals surface area (Å²) in [4.78, 5) is 10.7. The third kappa shape index (κ3) is 4.27. The van der Waals surface area contributed by atoms with E-state index in [-0.39, 0.29) is 10.6 Å². The maximum atomic E-state index is 11.0. The van der Waals surface area contributed by atoms with E-state index >= 15 is 0 Å². The van der Waals surface area contributed by atoms with Gasteiger partial charge in [-0.1, -0.05) is 28.1 Å². The lowest BCUT2D eigenvalue weighted by atomic mass is 10.1. The Labute approximate surface area is 131 Å². The molecular formula is C15H15BrN2O3. The number of methoxy groups -OCH3 is 1. The quantitative estimate of drug-likeness (QED) is 0.637. The summed E-state index contributed by atoms with van der Waals surface area (Å²) < 4.78 is 5.80. The molecule has 0 spiro atoms. The van der Waals surface area contributed by atoms with E-state index in [9.17, 15) is 10.1 Å². The van der Waals surface area contributed by atoms with Crippen molar-refractivity contribution in [2.45, 2.75) is 13.1 Å². The lowest BCUT2D eigenvalue weighted by Crippen LogP contribution is -2.13. The van der Waals surface area contributed by atoms with Gasteiger partial charge >= 0.3 is 0 Å². The molecule has 2 rings (SSSR count). The van der Waals surface area contributed by atoms with Gasteiger partial charge in [0.15, 0.2) is 0 Å². The van der Waals surface area contributed by atoms with Crippen molar-refractivity contribution < 1.29 is 9.66 Å². The molecule has 0 atom stereocenters. The van der Waals surface area contributed by atoms with Crippen LogP contribution in [-0.4, -0.2) is 12.0 Å². The van der Waals surface area contributed by atoms with E-state index in [0.717, 1.165) is 11.3 Å². The molecule has 2 aromatic rings. The minimum Gasteiger partial charge on any atom is -0.497 e. The molecule has 21 heavy (non-hydrogen) atoms. The van der Waals surface area contributed by atoms with Crippen LogP contribution >= 0.6 is 15.9 Å². The number of nitro benzene ring substituents is 1. The molecule has 1 N–H and O–H groups in total. The predicted molar refractivity (Wildman–Crippen MR) is 84.3 cm³/mol. The zero-order valence-corrected chi connectivity index (χ0v) is 13.1. The van der Waals surface area contributed by atoms with Crippen molar-refractivity contribution in [2.24, 2.45) is 0 Å². The second kappa shape index (κ2) is 7.19. The third-order valence-corrected chi connectivity index (χ3v) is 3.54. The number of nitro groups is 1. The predicted octanol–water partition coefficient (Wildman–Crippen LogP) is 3.66. The Bertz CT molecular complexity index is 629. The molecule has 110 valence electrons. The van der Waals surface area contributed by atoms with Crippen molar-refractivity contribution in [3.8, 4) is 5.75 Å². The largest absolute Gasteiger partial charge is 0.497 e. The molecule has 2 aromatic carbocycles. The van der Waals surface area contributed by atoms with Gasteiger partial charge in [0.2, 0.25) is 0 Å². The summed E-state index contributed by atoms with van der Waals surface area (Å²) >= 11 is 3.25. The van der Waals surface area contributed by atoms with Crippen molar-refractivity contribution in [1.29, 1.82) is 0 Å². The molecule has 0 aliphatic rings. The van der Waals surface area contributed by atoms with Crippen LogP contribution in [0.25, 0.3) is 0 Å². The lowest BCUT2D eigenvalue weighted by molar-refractivity contribution is -0.385. The highest BCUT2D eigenvalue weighted by Crippen LogP contribution is 2.23. The van der Waals surface area contributed by atoms with Gasteiger partial charge < -0.3 is 10.1 Å². The molecule has 0 aliphatic carbocycles. The summed E-state index contributed by atoms with van der Waals surface area (Å²) in [7, 11) is 1.62. The van der Waals surface area contributed by atoms with Gasteiger partial charge in [-0.2, -0.15) is 0 Å². The van der Waals surface area contributed by atoms with Crippen molar-refractivity contribution in [2.75, 3.05) is 7.11 Å². The number of nitrogens with zero attached hydrogens (tertiary/aromatic N) is 1. The molecule has 0 unspecified atom stereocenters. The van der Waals surface area contributed by atoms with Crippen molar-refractivity contribution in [3.05, 3.63) is 68.2 Å². The summed E-state index contributed by atoms with van der Waals surface area (Å²) in [5.74, 6) is 0.808. The number of halogens is 1. The van der Waals surface area contributed by atoms with Gasteiger partial charge in [-0.05, 0) is 29.8 Å². The van der Waals surface area contributed by atoms with Gasteiger partial charge in [-0.15, -0.1) is 0 Å². The van der Waals surface area contributed by atoms with Crippen LogP contribution < -0.4 is 10.1 Å². The van der Waals surface area contributed by atoms with Gasteiger partial charge in [-0.25, -0.2) is 0 Å². The highest BCUT2D eigenvalue weighted by atomic mass is 79.9. The summed E-state index contributed by atoms with van der Waals surface area (Å²) in [6, 6.07) is 12.8. The Hall–Kier alpha value is -1.92. The number of benzene rings is 2. The molecule has 0 aliphatic heterocycles. The number of ether oxygens (including phenoxy) is 1. The third-order valence-electron chi connectivity index (χ3n) is 3.05. The Morgan fingerprint density at radius 1 is 1.19 bits per heavy atom. The standard InChI is InChI=1S/C15H15BrN2O3/c1-21-14-6-2-11(3-7-14)9-17-10-12-4-5-13(16)8-15(12)18(19)20/h2-8,17H,9-10H2,1H3. The molecule has 0 saturated heterocycles. The Morgan fingerprint density at radius 2 is 1.90 bits per heavy atom. The minimum absolute atomic E-state index is 0.117. The normalized spacial score (nSPS) is 10.4. The first kappa shape index (κ1) is 15.5. The van der Waals surface area contributed by atoms with Crippen LogP contribution in [0.4, 0.5) is 5.69 Å². The van der Waals surface area contributed by atoms with E-state index in [1.165, 1.54) is 6.07 Å². The first-order valence-corrected chi connectivity index (χ1v) is 7.16. The highest BCUT2D eigenvalue weighted by molar-refractivity contribution is 9.10. The van der Waals surface area contributed by atoms with Gasteiger partial charge in [0.25, 0.3) is 5.69 Å². The smallest absolute Gasteiger partial charge is 0.275 e. The molecule has 0 aromatic heterocycles. The first-order valence-electron chi connectivity index (χ1n) is 6.36. The van der Waals surface area contributed by atoms with Crippen LogP contribution in [0.5, 0.6) is 5.75 Å². The number of nitrogens with one attached hydrogen (secondary N) is 1. The molecule has 0 heterocycles. The maximum absolute atomic E-state index is 11.0. The zero-order chi connectivity index (χ0) is 15.2. The van der Waals surface area contributed by atoms with Crippen molar-refractivity contribution in [1.82, 2.24) is 5.32 Å². The van der Waals surface area contributed by atoms with E-state index in [4.69, 9.17) is 4.74 Å². The average molecular weight is 351 g/mol. The summed E-state index contributed by atoms with van der Waals surface area (Å²) in [6.07, 6.45) is 0. The average Bonchev–Trinajstić information content (AvgIpc) is 2.49. The van der Waals surface area contributed by atoms with Gasteiger partial charge in [0.1, 0.15) is 5.75 Å². The number of rotatable bonds is 6. The van der Waals surface area contributed by atoms with Gasteiger partial charge in [0, 0.05) is 29.2 Å². The lowest BCUT2D eigenvalue weighted by Gasteiger charge is -2.07. The van der Waals surface area contributed by atoms with E-state index in [1.807, 2.05) is 24.3 Å². The fourth-order valence-corrected chi connectivity index (χ4v) is 2.29. The summed E-state index contributed by atoms with van der Waals surface area (Å²) in [5.41, 5.74) is 1.87. The fourth-order valence-electron chi connectivity index (χ4n) is 1.94. The Balaban J connectivity index is 1.98. The van der Waals surface area contributed by atoms with E-state index in [0.29, 0.717) is 23.1 Å². The van der Waals surface area contributed by atoms with Crippen molar-refractivity contribution >= 4 is 21.6 Å². The monoisotopic (exact) mass is 350 g/mol. The molecule has 0 amide bonds. The molecular weight excluding hydrogens is 336 g/mol. The second-order valence-electron chi connectivity index (χ2n) is 4.48. The molecule has 5 nitrogen and oxygen atoms in total. The molecule has 6 heteroatoms. The minimum atomic E-state index is -0.366. The number of hydrogen-bond acceptors (Lipinski definition) is 4. The van der Waals surface area contributed by atoms with Gasteiger partial charge in [-0.3, -0.25) is 10.1 Å². The summed E-state index contributed by atoms with van der Waals surface area (Å²) in [6.45, 7) is 1.08. The fraction of sp³-hybridized carbons (Fsp3) is 0.200.